The molecule has 0 aromatic carbocycles. The predicted octanol–water partition coefficient (Wildman–Crippen LogP) is 1.65. The first-order valence-corrected chi connectivity index (χ1v) is 7.17. The van der Waals surface area contributed by atoms with Crippen LogP contribution < -0.4 is 5.32 Å². The van der Waals surface area contributed by atoms with Crippen LogP contribution in [-0.2, 0) is 0 Å². The van der Waals surface area contributed by atoms with E-state index in [1.54, 1.807) is 0 Å². The fourth-order valence-electron chi connectivity index (χ4n) is 2.78. The Morgan fingerprint density at radius 3 is 2.59 bits per heavy atom. The first-order chi connectivity index (χ1) is 8.06. The Kier molecular flexibility index (Phi) is 6.45. The molecule has 2 atom stereocenters. The molecule has 1 heterocycles. The zero-order valence-electron chi connectivity index (χ0n) is 12.4. The van der Waals surface area contributed by atoms with E-state index in [0.717, 1.165) is 25.0 Å². The second kappa shape index (κ2) is 7.34. The normalized spacial score (nSPS) is 24.5. The van der Waals surface area contributed by atoms with E-state index in [1.165, 1.54) is 25.9 Å². The van der Waals surface area contributed by atoms with Crippen LogP contribution in [0.1, 0.15) is 33.6 Å². The van der Waals surface area contributed by atoms with Gasteiger partial charge in [0.15, 0.2) is 0 Å². The molecular weight excluding hydrogens is 210 g/mol. The molecule has 0 aromatic rings. The lowest BCUT2D eigenvalue weighted by Crippen LogP contribution is -2.53. The second-order valence-electron chi connectivity index (χ2n) is 5.87. The maximum absolute atomic E-state index is 3.52. The predicted molar refractivity (Wildman–Crippen MR) is 75.5 cm³/mol. The lowest BCUT2D eigenvalue weighted by Gasteiger charge is -2.42. The van der Waals surface area contributed by atoms with E-state index in [-0.39, 0.29) is 0 Å². The zero-order valence-corrected chi connectivity index (χ0v) is 12.4. The summed E-state index contributed by atoms with van der Waals surface area (Å²) in [5, 5.41) is 3.52. The summed E-state index contributed by atoms with van der Waals surface area (Å²) >= 11 is 0. The number of likely N-dealkylation sites (N-methyl/N-ethyl adjacent to an activating group) is 2. The summed E-state index contributed by atoms with van der Waals surface area (Å²) in [5.41, 5.74) is 0. The molecule has 0 spiro atoms. The summed E-state index contributed by atoms with van der Waals surface area (Å²) < 4.78 is 0. The smallest absolute Gasteiger partial charge is 0.0244 e. The molecule has 1 N–H and O–H groups in total. The average molecular weight is 241 g/mol. The molecule has 1 rings (SSSR count). The summed E-state index contributed by atoms with van der Waals surface area (Å²) in [7, 11) is 4.42. The topological polar surface area (TPSA) is 18.5 Å². The van der Waals surface area contributed by atoms with Gasteiger partial charge < -0.3 is 10.2 Å². The molecule has 0 radical (unpaired) electrons. The average Bonchev–Trinajstić information content (AvgIpc) is 2.29. The molecule has 0 bridgehead atoms. The maximum Gasteiger partial charge on any atom is 0.0244 e. The van der Waals surface area contributed by atoms with Gasteiger partial charge in [-0.2, -0.15) is 0 Å². The fourth-order valence-corrected chi connectivity index (χ4v) is 2.78. The van der Waals surface area contributed by atoms with Crippen LogP contribution in [0.5, 0.6) is 0 Å². The molecule has 17 heavy (non-hydrogen) atoms. The minimum absolute atomic E-state index is 0.692. The molecule has 1 aliphatic rings. The number of piperidine rings is 1. The van der Waals surface area contributed by atoms with Gasteiger partial charge in [0.1, 0.15) is 0 Å². The van der Waals surface area contributed by atoms with Gasteiger partial charge in [-0.1, -0.05) is 20.8 Å². The third kappa shape index (κ3) is 4.57. The summed E-state index contributed by atoms with van der Waals surface area (Å²) in [6.07, 6.45) is 2.70. The van der Waals surface area contributed by atoms with Gasteiger partial charge in [-0.3, -0.25) is 4.90 Å². The summed E-state index contributed by atoms with van der Waals surface area (Å²) in [4.78, 5) is 5.08. The molecule has 0 amide bonds. The van der Waals surface area contributed by atoms with Crippen LogP contribution in [0.3, 0.4) is 0 Å². The van der Waals surface area contributed by atoms with Crippen LogP contribution in [-0.4, -0.2) is 62.2 Å². The highest BCUT2D eigenvalue weighted by atomic mass is 15.2. The number of nitrogens with zero attached hydrogens (tertiary/aromatic N) is 2. The second-order valence-corrected chi connectivity index (χ2v) is 5.87. The Morgan fingerprint density at radius 1 is 1.35 bits per heavy atom. The van der Waals surface area contributed by atoms with Gasteiger partial charge >= 0.3 is 0 Å². The highest BCUT2D eigenvalue weighted by molar-refractivity contribution is 4.85. The van der Waals surface area contributed by atoms with Gasteiger partial charge in [-0.05, 0) is 45.9 Å². The number of hydrogen-bond donors (Lipinski definition) is 1. The van der Waals surface area contributed by atoms with Crippen LogP contribution in [0.15, 0.2) is 0 Å². The lowest BCUT2D eigenvalue weighted by molar-refractivity contribution is 0.0755. The fraction of sp³-hybridized carbons (Fsp3) is 1.00. The molecule has 102 valence electrons. The Bertz CT molecular complexity index is 204. The van der Waals surface area contributed by atoms with E-state index in [9.17, 15) is 0 Å². The van der Waals surface area contributed by atoms with E-state index in [0.29, 0.717) is 6.04 Å². The van der Waals surface area contributed by atoms with E-state index in [2.05, 4.69) is 50.0 Å². The Balaban J connectivity index is 2.54. The summed E-state index contributed by atoms with van der Waals surface area (Å²) in [6, 6.07) is 1.43. The minimum atomic E-state index is 0.692. The zero-order chi connectivity index (χ0) is 12.8. The third-order valence-electron chi connectivity index (χ3n) is 4.00. The van der Waals surface area contributed by atoms with Crippen molar-refractivity contribution in [1.82, 2.24) is 15.1 Å². The molecule has 0 saturated carbocycles. The van der Waals surface area contributed by atoms with Crippen molar-refractivity contribution in [2.45, 2.75) is 45.7 Å². The molecule has 0 aromatic heterocycles. The van der Waals surface area contributed by atoms with Crippen LogP contribution in [0.4, 0.5) is 0 Å². The first kappa shape index (κ1) is 14.9. The van der Waals surface area contributed by atoms with E-state index >= 15 is 0 Å². The standard InChI is InChI=1S/C14H31N3/c1-6-15-10-14(12(2)3)17-9-7-8-13(11-17)16(4)5/h12-15H,6-11H2,1-5H3. The van der Waals surface area contributed by atoms with Crippen LogP contribution >= 0.6 is 0 Å². The van der Waals surface area contributed by atoms with E-state index in [1.807, 2.05) is 0 Å². The van der Waals surface area contributed by atoms with Gasteiger partial charge in [-0.15, -0.1) is 0 Å². The number of nitrogens with one attached hydrogen (secondary N) is 1. The van der Waals surface area contributed by atoms with Crippen molar-refractivity contribution in [3.8, 4) is 0 Å². The van der Waals surface area contributed by atoms with Crippen molar-refractivity contribution >= 4 is 0 Å². The molecular formula is C14H31N3. The quantitative estimate of drug-likeness (QED) is 0.763. The SMILES string of the molecule is CCNCC(C(C)C)N1CCCC(N(C)C)C1. The summed E-state index contributed by atoms with van der Waals surface area (Å²) in [5.74, 6) is 0.731. The van der Waals surface area contributed by atoms with Gasteiger partial charge in [-0.25, -0.2) is 0 Å². The highest BCUT2D eigenvalue weighted by Crippen LogP contribution is 2.19. The third-order valence-corrected chi connectivity index (χ3v) is 4.00. The van der Waals surface area contributed by atoms with Crippen molar-refractivity contribution in [2.24, 2.45) is 5.92 Å². The van der Waals surface area contributed by atoms with Crippen LogP contribution in [0.2, 0.25) is 0 Å². The largest absolute Gasteiger partial charge is 0.315 e. The van der Waals surface area contributed by atoms with Crippen molar-refractivity contribution in [1.29, 1.82) is 0 Å². The first-order valence-electron chi connectivity index (χ1n) is 7.17. The maximum atomic E-state index is 3.52. The monoisotopic (exact) mass is 241 g/mol. The van der Waals surface area contributed by atoms with Crippen molar-refractivity contribution in [3.63, 3.8) is 0 Å². The Labute approximate surface area is 108 Å². The van der Waals surface area contributed by atoms with Crippen LogP contribution in [0, 0.1) is 5.92 Å². The highest BCUT2D eigenvalue weighted by Gasteiger charge is 2.28. The molecule has 2 unspecified atom stereocenters. The Morgan fingerprint density at radius 2 is 2.06 bits per heavy atom. The molecule has 3 nitrogen and oxygen atoms in total. The lowest BCUT2D eigenvalue weighted by atomic mass is 9.97. The Hall–Kier alpha value is -0.120. The van der Waals surface area contributed by atoms with Gasteiger partial charge in [0.25, 0.3) is 0 Å². The van der Waals surface area contributed by atoms with Crippen LogP contribution in [0.25, 0.3) is 0 Å². The number of hydrogen-bond acceptors (Lipinski definition) is 3. The van der Waals surface area contributed by atoms with Crippen molar-refractivity contribution in [3.05, 3.63) is 0 Å². The molecule has 1 saturated heterocycles. The molecule has 1 aliphatic heterocycles. The molecule has 0 aliphatic carbocycles. The van der Waals surface area contributed by atoms with E-state index < -0.39 is 0 Å². The molecule has 3 heteroatoms. The van der Waals surface area contributed by atoms with Gasteiger partial charge in [0.05, 0.1) is 0 Å². The van der Waals surface area contributed by atoms with Gasteiger partial charge in [0, 0.05) is 25.2 Å². The summed E-state index contributed by atoms with van der Waals surface area (Å²) in [6.45, 7) is 11.6. The molecule has 1 fully saturated rings. The van der Waals surface area contributed by atoms with Crippen molar-refractivity contribution < 1.29 is 0 Å². The van der Waals surface area contributed by atoms with Crippen molar-refractivity contribution in [2.75, 3.05) is 40.3 Å². The number of rotatable bonds is 6. The van der Waals surface area contributed by atoms with Gasteiger partial charge in [0.2, 0.25) is 0 Å². The van der Waals surface area contributed by atoms with E-state index in [4.69, 9.17) is 0 Å². The number of likely N-dealkylation sites (tertiary alicyclic amines) is 1. The minimum Gasteiger partial charge on any atom is -0.315 e.